The van der Waals surface area contributed by atoms with Gasteiger partial charge in [0.05, 0.1) is 10.6 Å². The van der Waals surface area contributed by atoms with Crippen LogP contribution in [0.5, 0.6) is 0 Å². The highest BCUT2D eigenvalue weighted by Crippen LogP contribution is 2.32. The van der Waals surface area contributed by atoms with E-state index >= 15 is 0 Å². The summed E-state index contributed by atoms with van der Waals surface area (Å²) in [6, 6.07) is 25.8. The van der Waals surface area contributed by atoms with Gasteiger partial charge in [0, 0.05) is 39.6 Å². The Bertz CT molecular complexity index is 1750. The molecule has 0 fully saturated rings. The van der Waals surface area contributed by atoms with Crippen molar-refractivity contribution in [3.8, 4) is 0 Å². The summed E-state index contributed by atoms with van der Waals surface area (Å²) >= 11 is 19.6. The van der Waals surface area contributed by atoms with E-state index in [0.717, 1.165) is 9.87 Å². The molecule has 2 unspecified atom stereocenters. The molecule has 7 nitrogen and oxygen atoms in total. The van der Waals surface area contributed by atoms with Gasteiger partial charge in [0.15, 0.2) is 0 Å². The van der Waals surface area contributed by atoms with E-state index < -0.39 is 28.5 Å². The molecule has 0 aliphatic heterocycles. The van der Waals surface area contributed by atoms with Crippen LogP contribution in [-0.4, -0.2) is 43.8 Å². The summed E-state index contributed by atoms with van der Waals surface area (Å²) < 4.78 is 29.4. The molecule has 11 heteroatoms. The molecule has 2 atom stereocenters. The van der Waals surface area contributed by atoms with E-state index in [1.807, 2.05) is 44.2 Å². The van der Waals surface area contributed by atoms with Crippen LogP contribution in [0.2, 0.25) is 15.1 Å². The summed E-state index contributed by atoms with van der Waals surface area (Å²) in [4.78, 5) is 30.0. The number of halogens is 3. The van der Waals surface area contributed by atoms with Gasteiger partial charge in [0.1, 0.15) is 12.6 Å². The molecule has 4 aromatic carbocycles. The third-order valence-electron chi connectivity index (χ3n) is 7.78. The molecule has 0 aliphatic carbocycles. The van der Waals surface area contributed by atoms with Crippen LogP contribution in [0.25, 0.3) is 0 Å². The van der Waals surface area contributed by atoms with E-state index in [9.17, 15) is 18.0 Å². The molecule has 4 rings (SSSR count). The van der Waals surface area contributed by atoms with Crippen molar-refractivity contribution in [2.24, 2.45) is 0 Å². The molecule has 242 valence electrons. The summed E-state index contributed by atoms with van der Waals surface area (Å²) in [7, 11) is -4.26. The highest BCUT2D eigenvalue weighted by atomic mass is 35.5. The predicted molar refractivity (Wildman–Crippen MR) is 186 cm³/mol. The van der Waals surface area contributed by atoms with Crippen molar-refractivity contribution >= 4 is 62.3 Å². The van der Waals surface area contributed by atoms with Crippen molar-refractivity contribution in [1.29, 1.82) is 0 Å². The molecule has 46 heavy (non-hydrogen) atoms. The molecule has 0 saturated carbocycles. The Morgan fingerprint density at radius 3 is 1.98 bits per heavy atom. The quantitative estimate of drug-likeness (QED) is 0.155. The summed E-state index contributed by atoms with van der Waals surface area (Å²) in [5, 5.41) is 3.97. The van der Waals surface area contributed by atoms with Gasteiger partial charge in [-0.15, -0.1) is 0 Å². The van der Waals surface area contributed by atoms with Gasteiger partial charge in [0.25, 0.3) is 10.0 Å². The Hall–Kier alpha value is -3.56. The summed E-state index contributed by atoms with van der Waals surface area (Å²) in [6.07, 6.45) is 0.837. The second-order valence-electron chi connectivity index (χ2n) is 11.0. The van der Waals surface area contributed by atoms with Crippen molar-refractivity contribution in [1.82, 2.24) is 10.2 Å². The number of nitrogens with one attached hydrogen (secondary N) is 1. The number of amides is 2. The van der Waals surface area contributed by atoms with Gasteiger partial charge < -0.3 is 10.2 Å². The van der Waals surface area contributed by atoms with Gasteiger partial charge in [-0.05, 0) is 67.8 Å². The number of hydrogen-bond donors (Lipinski definition) is 1. The minimum absolute atomic E-state index is 0.00165. The number of hydrogen-bond acceptors (Lipinski definition) is 4. The smallest absolute Gasteiger partial charge is 0.264 e. The van der Waals surface area contributed by atoms with Gasteiger partial charge >= 0.3 is 0 Å². The van der Waals surface area contributed by atoms with E-state index in [1.165, 1.54) is 17.0 Å². The second kappa shape index (κ2) is 15.8. The van der Waals surface area contributed by atoms with Gasteiger partial charge in [-0.2, -0.15) is 0 Å². The zero-order chi connectivity index (χ0) is 33.4. The van der Waals surface area contributed by atoms with Crippen LogP contribution in [-0.2, 0) is 32.6 Å². The number of anilines is 1. The van der Waals surface area contributed by atoms with Crippen molar-refractivity contribution in [3.05, 3.63) is 129 Å². The van der Waals surface area contributed by atoms with E-state index in [1.54, 1.807) is 61.5 Å². The number of rotatable bonds is 13. The normalized spacial score (nSPS) is 12.7. The third kappa shape index (κ3) is 8.42. The maximum atomic E-state index is 14.6. The standard InChI is InChI=1S/C35H36Cl3N3O4S/c1-4-24(2)39-35(43)33(21-26-13-7-5-8-14-26)40(22-28-30(37)18-11-19-31(28)38)34(42)23-41(32-20-12-17-29(36)25(32)3)46(44,45)27-15-9-6-10-16-27/h5-20,24,33H,4,21-23H2,1-3H3,(H,39,43). The lowest BCUT2D eigenvalue weighted by molar-refractivity contribution is -0.140. The Labute approximate surface area is 286 Å². The first-order chi connectivity index (χ1) is 21.9. The first-order valence-electron chi connectivity index (χ1n) is 14.8. The molecule has 0 spiro atoms. The maximum Gasteiger partial charge on any atom is 0.264 e. The molecule has 0 radical (unpaired) electrons. The van der Waals surface area contributed by atoms with Crippen LogP contribution in [0, 0.1) is 6.92 Å². The average Bonchev–Trinajstić information content (AvgIpc) is 3.04. The Kier molecular flexibility index (Phi) is 12.1. The Morgan fingerprint density at radius 1 is 0.804 bits per heavy atom. The topological polar surface area (TPSA) is 86.8 Å². The molecular weight excluding hydrogens is 665 g/mol. The van der Waals surface area contributed by atoms with Crippen LogP contribution in [0.15, 0.2) is 102 Å². The molecule has 0 bridgehead atoms. The lowest BCUT2D eigenvalue weighted by Crippen LogP contribution is -2.54. The van der Waals surface area contributed by atoms with Gasteiger partial charge in [-0.1, -0.05) is 102 Å². The van der Waals surface area contributed by atoms with Crippen LogP contribution in [0.3, 0.4) is 0 Å². The number of nitrogens with zero attached hydrogens (tertiary/aromatic N) is 2. The monoisotopic (exact) mass is 699 g/mol. The Balaban J connectivity index is 1.87. The van der Waals surface area contributed by atoms with E-state index in [2.05, 4.69) is 5.32 Å². The number of benzene rings is 4. The van der Waals surface area contributed by atoms with Gasteiger partial charge in [-0.3, -0.25) is 13.9 Å². The van der Waals surface area contributed by atoms with Crippen LogP contribution < -0.4 is 9.62 Å². The number of sulfonamides is 1. The first kappa shape index (κ1) is 35.3. The van der Waals surface area contributed by atoms with Crippen molar-refractivity contribution < 1.29 is 18.0 Å². The molecule has 2 amide bonds. The lowest BCUT2D eigenvalue weighted by atomic mass is 10.0. The molecule has 1 N–H and O–H groups in total. The number of carbonyl (C=O) groups is 2. The van der Waals surface area contributed by atoms with E-state index in [-0.39, 0.29) is 35.5 Å². The van der Waals surface area contributed by atoms with Crippen molar-refractivity contribution in [2.75, 3.05) is 10.8 Å². The average molecular weight is 701 g/mol. The molecule has 0 aromatic heterocycles. The molecular formula is C35H36Cl3N3O4S. The summed E-state index contributed by atoms with van der Waals surface area (Å²) in [5.41, 5.74) is 1.97. The zero-order valence-corrected chi connectivity index (χ0v) is 28.9. The summed E-state index contributed by atoms with van der Waals surface area (Å²) in [5.74, 6) is -1.01. The zero-order valence-electron chi connectivity index (χ0n) is 25.8. The van der Waals surface area contributed by atoms with E-state index in [0.29, 0.717) is 32.6 Å². The highest BCUT2D eigenvalue weighted by molar-refractivity contribution is 7.92. The third-order valence-corrected chi connectivity index (χ3v) is 10.7. The fourth-order valence-corrected chi connectivity index (χ4v) is 7.13. The van der Waals surface area contributed by atoms with Crippen LogP contribution >= 0.6 is 34.8 Å². The minimum atomic E-state index is -4.26. The fourth-order valence-electron chi connectivity index (χ4n) is 4.95. The van der Waals surface area contributed by atoms with Gasteiger partial charge in [0.2, 0.25) is 11.8 Å². The molecule has 0 aliphatic rings. The van der Waals surface area contributed by atoms with Crippen LogP contribution in [0.1, 0.15) is 37.0 Å². The fraction of sp³-hybridized carbons (Fsp3) is 0.257. The first-order valence-corrected chi connectivity index (χ1v) is 17.4. The SMILES string of the molecule is CCC(C)NC(=O)C(Cc1ccccc1)N(Cc1c(Cl)cccc1Cl)C(=O)CN(c1cccc(Cl)c1C)S(=O)(=O)c1ccccc1. The minimum Gasteiger partial charge on any atom is -0.352 e. The van der Waals surface area contributed by atoms with Gasteiger partial charge in [-0.25, -0.2) is 8.42 Å². The highest BCUT2D eigenvalue weighted by Gasteiger charge is 2.36. The number of carbonyl (C=O) groups excluding carboxylic acids is 2. The molecule has 0 saturated heterocycles. The van der Waals surface area contributed by atoms with E-state index in [4.69, 9.17) is 34.8 Å². The second-order valence-corrected chi connectivity index (χ2v) is 14.0. The Morgan fingerprint density at radius 2 is 1.37 bits per heavy atom. The van der Waals surface area contributed by atoms with Crippen molar-refractivity contribution in [2.45, 2.75) is 57.1 Å². The lowest BCUT2D eigenvalue weighted by Gasteiger charge is -2.35. The predicted octanol–water partition coefficient (Wildman–Crippen LogP) is 7.71. The van der Waals surface area contributed by atoms with Crippen LogP contribution in [0.4, 0.5) is 5.69 Å². The van der Waals surface area contributed by atoms with Crippen molar-refractivity contribution in [3.63, 3.8) is 0 Å². The maximum absolute atomic E-state index is 14.6. The molecule has 4 aromatic rings. The largest absolute Gasteiger partial charge is 0.352 e. The summed E-state index contributed by atoms with van der Waals surface area (Å²) in [6.45, 7) is 4.75. The molecule has 0 heterocycles.